The Morgan fingerprint density at radius 1 is 1.43 bits per heavy atom. The van der Waals surface area contributed by atoms with Crippen LogP contribution in [0.1, 0.15) is 19.3 Å². The summed E-state index contributed by atoms with van der Waals surface area (Å²) in [4.78, 5) is 0. The number of hydrogen-bond donors (Lipinski definition) is 1. The van der Waals surface area contributed by atoms with Crippen LogP contribution in [0.15, 0.2) is 0 Å². The van der Waals surface area contributed by atoms with Gasteiger partial charge in [-0.25, -0.2) is 4.39 Å². The van der Waals surface area contributed by atoms with E-state index < -0.39 is 6.17 Å². The molecule has 1 aliphatic carbocycles. The second kappa shape index (κ2) is 1.78. The highest BCUT2D eigenvalue weighted by Crippen LogP contribution is 2.19. The van der Waals surface area contributed by atoms with E-state index >= 15 is 0 Å². The molecule has 2 N–H and O–H groups in total. The fourth-order valence-electron chi connectivity index (χ4n) is 0.943. The van der Waals surface area contributed by atoms with Crippen molar-refractivity contribution in [3.8, 4) is 0 Å². The van der Waals surface area contributed by atoms with Gasteiger partial charge >= 0.3 is 0 Å². The van der Waals surface area contributed by atoms with Crippen molar-refractivity contribution in [2.24, 2.45) is 5.73 Å². The van der Waals surface area contributed by atoms with Gasteiger partial charge in [-0.3, -0.25) is 0 Å². The van der Waals surface area contributed by atoms with Gasteiger partial charge in [-0.05, 0) is 19.3 Å². The van der Waals surface area contributed by atoms with Gasteiger partial charge in [0.15, 0.2) is 0 Å². The highest BCUT2D eigenvalue weighted by Gasteiger charge is 2.22. The second-order valence-electron chi connectivity index (χ2n) is 2.11. The predicted octanol–water partition coefficient (Wildman–Crippen LogP) is 0.836. The zero-order valence-electron chi connectivity index (χ0n) is 4.23. The van der Waals surface area contributed by atoms with Crippen LogP contribution in [0.3, 0.4) is 0 Å². The van der Waals surface area contributed by atoms with Crippen LogP contribution in [0.25, 0.3) is 0 Å². The second-order valence-corrected chi connectivity index (χ2v) is 2.11. The Kier molecular flexibility index (Phi) is 1.28. The van der Waals surface area contributed by atoms with E-state index in [2.05, 4.69) is 0 Å². The number of rotatable bonds is 0. The van der Waals surface area contributed by atoms with E-state index in [0.717, 1.165) is 12.8 Å². The molecule has 2 heteroatoms. The van der Waals surface area contributed by atoms with Gasteiger partial charge in [0.1, 0.15) is 6.17 Å². The Labute approximate surface area is 42.7 Å². The third kappa shape index (κ3) is 0.911. The summed E-state index contributed by atoms with van der Waals surface area (Å²) >= 11 is 0. The number of alkyl halides is 1. The molecule has 1 aliphatic rings. The lowest BCUT2D eigenvalue weighted by atomic mass is 10.2. The van der Waals surface area contributed by atoms with Crippen molar-refractivity contribution < 1.29 is 4.39 Å². The molecule has 0 amide bonds. The zero-order valence-corrected chi connectivity index (χ0v) is 4.23. The van der Waals surface area contributed by atoms with Gasteiger partial charge in [0, 0.05) is 6.04 Å². The summed E-state index contributed by atoms with van der Waals surface area (Å²) in [6.45, 7) is 0. The molecular formula is C5H10FN. The van der Waals surface area contributed by atoms with Crippen LogP contribution in [-0.4, -0.2) is 12.2 Å². The van der Waals surface area contributed by atoms with Crippen molar-refractivity contribution in [2.45, 2.75) is 31.5 Å². The summed E-state index contributed by atoms with van der Waals surface area (Å²) in [7, 11) is 0. The van der Waals surface area contributed by atoms with Crippen molar-refractivity contribution >= 4 is 0 Å². The first-order chi connectivity index (χ1) is 3.30. The topological polar surface area (TPSA) is 26.0 Å². The Balaban J connectivity index is 2.33. The molecule has 42 valence electrons. The van der Waals surface area contributed by atoms with Gasteiger partial charge in [-0.2, -0.15) is 0 Å². The molecule has 1 saturated carbocycles. The normalized spacial score (nSPS) is 42.0. The molecule has 0 spiro atoms. The molecule has 0 saturated heterocycles. The Bertz CT molecular complexity index is 57.1. The molecule has 2 atom stereocenters. The largest absolute Gasteiger partial charge is 0.325 e. The average molecular weight is 103 g/mol. The predicted molar refractivity (Wildman–Crippen MR) is 26.7 cm³/mol. The van der Waals surface area contributed by atoms with E-state index in [0.29, 0.717) is 6.42 Å². The van der Waals surface area contributed by atoms with E-state index in [-0.39, 0.29) is 6.04 Å². The summed E-state index contributed by atoms with van der Waals surface area (Å²) in [5, 5.41) is 0. The van der Waals surface area contributed by atoms with Gasteiger partial charge in [0.05, 0.1) is 0 Å². The third-order valence-corrected chi connectivity index (χ3v) is 1.48. The first-order valence-corrected chi connectivity index (χ1v) is 2.70. The quantitative estimate of drug-likeness (QED) is 0.483. The molecule has 0 aliphatic heterocycles. The molecule has 0 radical (unpaired) electrons. The highest BCUT2D eigenvalue weighted by molar-refractivity contribution is 4.78. The van der Waals surface area contributed by atoms with E-state index in [9.17, 15) is 4.39 Å². The molecule has 1 rings (SSSR count). The summed E-state index contributed by atoms with van der Waals surface area (Å²) in [5.41, 5.74) is 5.30. The highest BCUT2D eigenvalue weighted by atomic mass is 19.1. The Morgan fingerprint density at radius 2 is 2.14 bits per heavy atom. The first kappa shape index (κ1) is 5.04. The third-order valence-electron chi connectivity index (χ3n) is 1.48. The van der Waals surface area contributed by atoms with Gasteiger partial charge < -0.3 is 5.73 Å². The van der Waals surface area contributed by atoms with Crippen LogP contribution in [0.2, 0.25) is 0 Å². The fraction of sp³-hybridized carbons (Fsp3) is 1.00. The maximum atomic E-state index is 12.2. The Morgan fingerprint density at radius 3 is 2.29 bits per heavy atom. The first-order valence-electron chi connectivity index (χ1n) is 2.70. The summed E-state index contributed by atoms with van der Waals surface area (Å²) in [5.74, 6) is 0. The molecule has 1 nitrogen and oxygen atoms in total. The fourth-order valence-corrected chi connectivity index (χ4v) is 0.943. The monoisotopic (exact) mass is 103 g/mol. The van der Waals surface area contributed by atoms with Crippen LogP contribution in [-0.2, 0) is 0 Å². The number of nitrogens with two attached hydrogens (primary N) is 1. The number of hydrogen-bond acceptors (Lipinski definition) is 1. The maximum Gasteiger partial charge on any atom is 0.115 e. The van der Waals surface area contributed by atoms with Gasteiger partial charge in [-0.1, -0.05) is 0 Å². The Hall–Kier alpha value is -0.110. The standard InChI is InChI=1S/C5H10FN/c6-4-2-1-3-5(4)7/h4-5H,1-3,7H2/t4-,5-/m1/s1. The lowest BCUT2D eigenvalue weighted by Gasteiger charge is -2.01. The van der Waals surface area contributed by atoms with Gasteiger partial charge in [0.2, 0.25) is 0 Å². The lowest BCUT2D eigenvalue weighted by Crippen LogP contribution is -2.24. The SMILES string of the molecule is N[C@@H]1CCC[C@H]1F. The van der Waals surface area contributed by atoms with Crippen molar-refractivity contribution in [2.75, 3.05) is 0 Å². The molecule has 0 aromatic carbocycles. The molecule has 1 fully saturated rings. The van der Waals surface area contributed by atoms with Crippen molar-refractivity contribution in [3.05, 3.63) is 0 Å². The minimum Gasteiger partial charge on any atom is -0.325 e. The van der Waals surface area contributed by atoms with E-state index in [1.807, 2.05) is 0 Å². The molecule has 0 bridgehead atoms. The van der Waals surface area contributed by atoms with E-state index in [1.165, 1.54) is 0 Å². The van der Waals surface area contributed by atoms with Gasteiger partial charge in [-0.15, -0.1) is 0 Å². The van der Waals surface area contributed by atoms with Crippen LogP contribution in [0, 0.1) is 0 Å². The average Bonchev–Trinajstić information content (AvgIpc) is 1.91. The van der Waals surface area contributed by atoms with E-state index in [1.54, 1.807) is 0 Å². The summed E-state index contributed by atoms with van der Waals surface area (Å²) < 4.78 is 12.2. The van der Waals surface area contributed by atoms with Crippen molar-refractivity contribution in [3.63, 3.8) is 0 Å². The minimum atomic E-state index is -0.708. The van der Waals surface area contributed by atoms with Crippen molar-refractivity contribution in [1.29, 1.82) is 0 Å². The molecule has 0 aromatic rings. The zero-order chi connectivity index (χ0) is 5.28. The molecule has 7 heavy (non-hydrogen) atoms. The van der Waals surface area contributed by atoms with Gasteiger partial charge in [0.25, 0.3) is 0 Å². The smallest absolute Gasteiger partial charge is 0.115 e. The van der Waals surface area contributed by atoms with Crippen LogP contribution in [0.4, 0.5) is 4.39 Å². The molecule has 0 unspecified atom stereocenters. The summed E-state index contributed by atoms with van der Waals surface area (Å²) in [6.07, 6.45) is 1.82. The van der Waals surface area contributed by atoms with Crippen molar-refractivity contribution in [1.82, 2.24) is 0 Å². The van der Waals surface area contributed by atoms with Crippen LogP contribution in [0.5, 0.6) is 0 Å². The van der Waals surface area contributed by atoms with Crippen LogP contribution < -0.4 is 5.73 Å². The van der Waals surface area contributed by atoms with E-state index in [4.69, 9.17) is 5.73 Å². The lowest BCUT2D eigenvalue weighted by molar-refractivity contribution is 0.312. The molecule has 0 heterocycles. The summed E-state index contributed by atoms with van der Waals surface area (Å²) in [6, 6.07) is -0.153. The number of halogens is 1. The molecule has 0 aromatic heterocycles. The maximum absolute atomic E-state index is 12.2. The minimum absolute atomic E-state index is 0.153. The van der Waals surface area contributed by atoms with Crippen LogP contribution >= 0.6 is 0 Å². The molecular weight excluding hydrogens is 93.1 g/mol.